The van der Waals surface area contributed by atoms with E-state index in [1.54, 1.807) is 18.2 Å². The van der Waals surface area contributed by atoms with Gasteiger partial charge in [-0.15, -0.1) is 0 Å². The van der Waals surface area contributed by atoms with Crippen LogP contribution in [0.1, 0.15) is 0 Å². The molecule has 3 aromatic carbocycles. The van der Waals surface area contributed by atoms with E-state index >= 15 is 0 Å². The van der Waals surface area contributed by atoms with E-state index in [1.165, 1.54) is 20.3 Å². The van der Waals surface area contributed by atoms with Crippen molar-refractivity contribution in [3.8, 4) is 11.5 Å². The number of fused-ring (bicyclic) bond motifs is 1. The maximum absolute atomic E-state index is 12.6. The molecule has 3 aromatic rings. The van der Waals surface area contributed by atoms with E-state index in [-0.39, 0.29) is 6.54 Å². The molecule has 0 heterocycles. The van der Waals surface area contributed by atoms with Crippen LogP contribution >= 0.6 is 0 Å². The molecule has 0 aliphatic heterocycles. The first-order valence-electron chi connectivity index (χ1n) is 8.80. The highest BCUT2D eigenvalue weighted by Crippen LogP contribution is 2.32. The monoisotopic (exact) mass is 414 g/mol. The van der Waals surface area contributed by atoms with Crippen LogP contribution in [0.15, 0.2) is 60.7 Å². The number of anilines is 2. The fourth-order valence-electron chi connectivity index (χ4n) is 2.98. The lowest BCUT2D eigenvalue weighted by atomic mass is 10.1. The summed E-state index contributed by atoms with van der Waals surface area (Å²) in [5.41, 5.74) is 0.897. The fourth-order valence-corrected chi connectivity index (χ4v) is 3.83. The molecule has 0 saturated carbocycles. The Morgan fingerprint density at radius 1 is 0.931 bits per heavy atom. The zero-order valence-electron chi connectivity index (χ0n) is 16.4. The lowest BCUT2D eigenvalue weighted by Gasteiger charge is -2.23. The first-order valence-corrected chi connectivity index (χ1v) is 10.6. The molecule has 152 valence electrons. The van der Waals surface area contributed by atoms with Crippen LogP contribution in [-0.2, 0) is 14.8 Å². The van der Waals surface area contributed by atoms with Gasteiger partial charge in [0.2, 0.25) is 15.9 Å². The average Bonchev–Trinajstić information content (AvgIpc) is 2.70. The maximum atomic E-state index is 12.6. The van der Waals surface area contributed by atoms with E-state index in [0.717, 1.165) is 21.3 Å². The summed E-state index contributed by atoms with van der Waals surface area (Å²) in [6.07, 6.45) is 1.05. The zero-order valence-corrected chi connectivity index (χ0v) is 17.2. The van der Waals surface area contributed by atoms with Crippen molar-refractivity contribution >= 4 is 38.1 Å². The van der Waals surface area contributed by atoms with Crippen LogP contribution in [0, 0.1) is 0 Å². The van der Waals surface area contributed by atoms with Gasteiger partial charge < -0.3 is 14.8 Å². The summed E-state index contributed by atoms with van der Waals surface area (Å²) < 4.78 is 36.1. The standard InChI is InChI=1S/C21H22N2O5S/c1-27-19-11-10-18(13-20(19)28-2)23(29(3,25)26)14-21(24)22-17-9-8-15-6-4-5-7-16(15)12-17/h4-13H,14H2,1-3H3,(H,22,24). The van der Waals surface area contributed by atoms with Crippen molar-refractivity contribution in [1.82, 2.24) is 0 Å². The lowest BCUT2D eigenvalue weighted by molar-refractivity contribution is -0.114. The van der Waals surface area contributed by atoms with Crippen molar-refractivity contribution in [2.75, 3.05) is 36.6 Å². The van der Waals surface area contributed by atoms with Gasteiger partial charge in [0.25, 0.3) is 0 Å². The van der Waals surface area contributed by atoms with E-state index in [0.29, 0.717) is 22.9 Å². The van der Waals surface area contributed by atoms with Gasteiger partial charge in [-0.1, -0.05) is 30.3 Å². The highest BCUT2D eigenvalue weighted by atomic mass is 32.2. The highest BCUT2D eigenvalue weighted by molar-refractivity contribution is 7.92. The van der Waals surface area contributed by atoms with Crippen LogP contribution in [0.2, 0.25) is 0 Å². The van der Waals surface area contributed by atoms with Crippen LogP contribution in [0.25, 0.3) is 10.8 Å². The van der Waals surface area contributed by atoms with Crippen LogP contribution in [0.5, 0.6) is 11.5 Å². The number of amides is 1. The van der Waals surface area contributed by atoms with E-state index < -0.39 is 15.9 Å². The van der Waals surface area contributed by atoms with Crippen LogP contribution < -0.4 is 19.1 Å². The maximum Gasteiger partial charge on any atom is 0.245 e. The van der Waals surface area contributed by atoms with Gasteiger partial charge in [0.1, 0.15) is 6.54 Å². The Morgan fingerprint density at radius 3 is 2.28 bits per heavy atom. The van der Waals surface area contributed by atoms with Crippen molar-refractivity contribution in [2.24, 2.45) is 0 Å². The number of hydrogen-bond donors (Lipinski definition) is 1. The molecule has 1 amide bonds. The number of carbonyl (C=O) groups is 1. The summed E-state index contributed by atoms with van der Waals surface area (Å²) in [7, 11) is -0.762. The Labute approximate surface area is 169 Å². The highest BCUT2D eigenvalue weighted by Gasteiger charge is 2.22. The molecule has 0 radical (unpaired) electrons. The Morgan fingerprint density at radius 2 is 1.62 bits per heavy atom. The molecule has 7 nitrogen and oxygen atoms in total. The number of methoxy groups -OCH3 is 2. The zero-order chi connectivity index (χ0) is 21.0. The number of hydrogen-bond acceptors (Lipinski definition) is 5. The Bertz CT molecular complexity index is 1140. The minimum absolute atomic E-state index is 0.304. The average molecular weight is 414 g/mol. The number of sulfonamides is 1. The Hall–Kier alpha value is -3.26. The van der Waals surface area contributed by atoms with Crippen LogP contribution in [-0.4, -0.2) is 41.3 Å². The lowest BCUT2D eigenvalue weighted by Crippen LogP contribution is -2.37. The largest absolute Gasteiger partial charge is 0.493 e. The van der Waals surface area contributed by atoms with Crippen molar-refractivity contribution in [1.29, 1.82) is 0 Å². The summed E-state index contributed by atoms with van der Waals surface area (Å²) in [5, 5.41) is 4.78. The summed E-state index contributed by atoms with van der Waals surface area (Å²) in [4.78, 5) is 12.6. The topological polar surface area (TPSA) is 84.9 Å². The van der Waals surface area contributed by atoms with Crippen LogP contribution in [0.4, 0.5) is 11.4 Å². The molecule has 29 heavy (non-hydrogen) atoms. The third-order valence-corrected chi connectivity index (χ3v) is 5.52. The summed E-state index contributed by atoms with van der Waals surface area (Å²) >= 11 is 0. The molecular weight excluding hydrogens is 392 g/mol. The normalized spacial score (nSPS) is 11.1. The molecule has 0 spiro atoms. The van der Waals surface area contributed by atoms with Crippen molar-refractivity contribution < 1.29 is 22.7 Å². The molecule has 0 atom stereocenters. The van der Waals surface area contributed by atoms with Crippen LogP contribution in [0.3, 0.4) is 0 Å². The van der Waals surface area contributed by atoms with Gasteiger partial charge in [-0.2, -0.15) is 0 Å². The van der Waals surface area contributed by atoms with E-state index in [1.807, 2.05) is 36.4 Å². The minimum atomic E-state index is -3.71. The molecule has 0 aliphatic rings. The van der Waals surface area contributed by atoms with Crippen molar-refractivity contribution in [2.45, 2.75) is 0 Å². The SMILES string of the molecule is COc1ccc(N(CC(=O)Nc2ccc3ccccc3c2)S(C)(=O)=O)cc1OC. The molecule has 0 fully saturated rings. The molecule has 0 saturated heterocycles. The van der Waals surface area contributed by atoms with Gasteiger partial charge >= 0.3 is 0 Å². The van der Waals surface area contributed by atoms with Crippen molar-refractivity contribution in [3.05, 3.63) is 60.7 Å². The molecule has 0 aromatic heterocycles. The summed E-state index contributed by atoms with van der Waals surface area (Å²) in [6, 6.07) is 18.0. The molecule has 0 unspecified atom stereocenters. The number of nitrogens with one attached hydrogen (secondary N) is 1. The van der Waals surface area contributed by atoms with E-state index in [4.69, 9.17) is 9.47 Å². The number of ether oxygens (including phenoxy) is 2. The predicted molar refractivity (Wildman–Crippen MR) is 114 cm³/mol. The van der Waals surface area contributed by atoms with Gasteiger partial charge in [0.05, 0.1) is 26.2 Å². The second-order valence-electron chi connectivity index (χ2n) is 6.42. The van der Waals surface area contributed by atoms with Gasteiger partial charge in [-0.05, 0) is 35.0 Å². The van der Waals surface area contributed by atoms with Crippen molar-refractivity contribution in [3.63, 3.8) is 0 Å². The molecule has 0 aliphatic carbocycles. The van der Waals surface area contributed by atoms with Gasteiger partial charge in [-0.3, -0.25) is 9.10 Å². The first kappa shape index (κ1) is 20.5. The number of rotatable bonds is 7. The minimum Gasteiger partial charge on any atom is -0.493 e. The van der Waals surface area contributed by atoms with E-state index in [9.17, 15) is 13.2 Å². The number of benzene rings is 3. The summed E-state index contributed by atoms with van der Waals surface area (Å²) in [5.74, 6) is 0.374. The number of carbonyl (C=O) groups excluding carboxylic acids is 1. The third-order valence-electron chi connectivity index (χ3n) is 4.38. The molecule has 3 rings (SSSR count). The smallest absolute Gasteiger partial charge is 0.245 e. The van der Waals surface area contributed by atoms with Gasteiger partial charge in [0.15, 0.2) is 11.5 Å². The fraction of sp³-hybridized carbons (Fsp3) is 0.190. The second-order valence-corrected chi connectivity index (χ2v) is 8.33. The third kappa shape index (κ3) is 4.78. The van der Waals surface area contributed by atoms with Gasteiger partial charge in [0, 0.05) is 11.8 Å². The summed E-state index contributed by atoms with van der Waals surface area (Å²) in [6.45, 7) is -0.374. The Balaban J connectivity index is 1.84. The molecular formula is C21H22N2O5S. The van der Waals surface area contributed by atoms with Gasteiger partial charge in [-0.25, -0.2) is 8.42 Å². The first-order chi connectivity index (χ1) is 13.8. The molecule has 1 N–H and O–H groups in total. The Kier molecular flexibility index (Phi) is 5.93. The van der Waals surface area contributed by atoms with E-state index in [2.05, 4.69) is 5.32 Å². The molecule has 0 bridgehead atoms. The predicted octanol–water partition coefficient (Wildman–Crippen LogP) is 3.26. The number of nitrogens with zero attached hydrogens (tertiary/aromatic N) is 1. The molecule has 8 heteroatoms. The quantitative estimate of drug-likeness (QED) is 0.641. The second kappa shape index (κ2) is 8.40.